The van der Waals surface area contributed by atoms with E-state index in [9.17, 15) is 10.1 Å². The summed E-state index contributed by atoms with van der Waals surface area (Å²) in [4.78, 5) is 14.6. The Balaban J connectivity index is 2.36. The molecule has 0 aliphatic carbocycles. The van der Waals surface area contributed by atoms with Crippen molar-refractivity contribution < 1.29 is 9.66 Å². The predicted octanol–water partition coefficient (Wildman–Crippen LogP) is 3.81. The van der Waals surface area contributed by atoms with Crippen molar-refractivity contribution in [2.75, 3.05) is 0 Å². The highest BCUT2D eigenvalue weighted by atomic mass is 16.6. The maximum Gasteiger partial charge on any atom is 0.293 e. The maximum atomic E-state index is 11.1. The van der Waals surface area contributed by atoms with Gasteiger partial charge in [-0.1, -0.05) is 32.4 Å². The molecule has 5 heteroatoms. The molecule has 2 heterocycles. The highest BCUT2D eigenvalue weighted by Gasteiger charge is 2.33. The van der Waals surface area contributed by atoms with Crippen LogP contribution in [0.3, 0.4) is 0 Å². The Labute approximate surface area is 118 Å². The highest BCUT2D eigenvalue weighted by molar-refractivity contribution is 5.39. The zero-order chi connectivity index (χ0) is 14.9. The van der Waals surface area contributed by atoms with Gasteiger partial charge in [-0.3, -0.25) is 15.1 Å². The predicted molar refractivity (Wildman–Crippen MR) is 76.3 cm³/mol. The third-order valence-electron chi connectivity index (χ3n) is 3.48. The topological polar surface area (TPSA) is 65.3 Å². The Morgan fingerprint density at radius 2 is 2.15 bits per heavy atom. The molecule has 1 aliphatic heterocycles. The molecule has 0 unspecified atom stereocenters. The smallest absolute Gasteiger partial charge is 0.293 e. The lowest BCUT2D eigenvalue weighted by Crippen LogP contribution is -2.32. The molecule has 2 rings (SSSR count). The largest absolute Gasteiger partial charge is 0.365 e. The number of ether oxygens (including phenoxy) is 1. The highest BCUT2D eigenvalue weighted by Crippen LogP contribution is 2.39. The molecule has 1 aliphatic rings. The van der Waals surface area contributed by atoms with Crippen LogP contribution in [0.2, 0.25) is 0 Å². The maximum absolute atomic E-state index is 11.1. The molecule has 0 aromatic carbocycles. The minimum Gasteiger partial charge on any atom is -0.365 e. The second kappa shape index (κ2) is 5.32. The number of aromatic nitrogens is 1. The van der Waals surface area contributed by atoms with E-state index < -0.39 is 4.92 Å². The SMILES string of the molecule is CC1=C[C@@H](C(C)(C)C)O[C@@H](c2ccncc2[N+](=O)[O-])C1. The lowest BCUT2D eigenvalue weighted by molar-refractivity contribution is -0.386. The van der Waals surface area contributed by atoms with Crippen molar-refractivity contribution in [2.45, 2.75) is 46.3 Å². The van der Waals surface area contributed by atoms with Crippen LogP contribution in [0.1, 0.15) is 45.8 Å². The van der Waals surface area contributed by atoms with E-state index in [0.717, 1.165) is 0 Å². The number of rotatable bonds is 2. The van der Waals surface area contributed by atoms with Crippen LogP contribution in [0.4, 0.5) is 5.69 Å². The minimum atomic E-state index is -0.397. The molecular weight excluding hydrogens is 256 g/mol. The Morgan fingerprint density at radius 1 is 1.45 bits per heavy atom. The Hall–Kier alpha value is -1.75. The van der Waals surface area contributed by atoms with Gasteiger partial charge >= 0.3 is 0 Å². The van der Waals surface area contributed by atoms with Crippen molar-refractivity contribution >= 4 is 5.69 Å². The Morgan fingerprint density at radius 3 is 2.75 bits per heavy atom. The van der Waals surface area contributed by atoms with Gasteiger partial charge in [-0.2, -0.15) is 0 Å². The van der Waals surface area contributed by atoms with Crippen molar-refractivity contribution in [1.29, 1.82) is 0 Å². The number of nitrogens with zero attached hydrogens (tertiary/aromatic N) is 2. The molecule has 0 N–H and O–H groups in total. The summed E-state index contributed by atoms with van der Waals surface area (Å²) < 4.78 is 6.09. The summed E-state index contributed by atoms with van der Waals surface area (Å²) in [6, 6.07) is 1.68. The van der Waals surface area contributed by atoms with Crippen LogP contribution in [0.5, 0.6) is 0 Å². The molecule has 2 atom stereocenters. The molecular formula is C15H20N2O3. The number of hydrogen-bond acceptors (Lipinski definition) is 4. The summed E-state index contributed by atoms with van der Waals surface area (Å²) in [5, 5.41) is 11.1. The summed E-state index contributed by atoms with van der Waals surface area (Å²) in [6.45, 7) is 8.35. The van der Waals surface area contributed by atoms with Crippen LogP contribution in [-0.2, 0) is 4.74 Å². The molecule has 0 saturated heterocycles. The third kappa shape index (κ3) is 3.04. The molecule has 20 heavy (non-hydrogen) atoms. The number of pyridine rings is 1. The van der Waals surface area contributed by atoms with Gasteiger partial charge in [0.2, 0.25) is 0 Å². The molecule has 0 bridgehead atoms. The average Bonchev–Trinajstić information content (AvgIpc) is 2.37. The first-order chi connectivity index (χ1) is 9.29. The fourth-order valence-corrected chi connectivity index (χ4v) is 2.34. The van der Waals surface area contributed by atoms with E-state index >= 15 is 0 Å². The third-order valence-corrected chi connectivity index (χ3v) is 3.48. The van der Waals surface area contributed by atoms with Crippen molar-refractivity contribution in [1.82, 2.24) is 4.98 Å². The van der Waals surface area contributed by atoms with Crippen LogP contribution >= 0.6 is 0 Å². The molecule has 0 spiro atoms. The van der Waals surface area contributed by atoms with E-state index in [-0.39, 0.29) is 23.3 Å². The van der Waals surface area contributed by atoms with Gasteiger partial charge in [0, 0.05) is 6.20 Å². The summed E-state index contributed by atoms with van der Waals surface area (Å²) in [7, 11) is 0. The first kappa shape index (κ1) is 14.7. The van der Waals surface area contributed by atoms with Gasteiger partial charge in [0.25, 0.3) is 5.69 Å². The Kier molecular flexibility index (Phi) is 3.90. The number of hydrogen-bond donors (Lipinski definition) is 0. The molecule has 0 saturated carbocycles. The van der Waals surface area contributed by atoms with E-state index in [2.05, 4.69) is 31.8 Å². The van der Waals surface area contributed by atoms with Crippen molar-refractivity contribution in [3.63, 3.8) is 0 Å². The van der Waals surface area contributed by atoms with Gasteiger partial charge in [0.1, 0.15) is 6.20 Å². The normalized spacial score (nSPS) is 23.3. The first-order valence-corrected chi connectivity index (χ1v) is 6.70. The quantitative estimate of drug-likeness (QED) is 0.468. The monoisotopic (exact) mass is 276 g/mol. The molecule has 1 aromatic rings. The number of nitro groups is 1. The van der Waals surface area contributed by atoms with Crippen LogP contribution in [0.25, 0.3) is 0 Å². The standard InChI is InChI=1S/C15H20N2O3/c1-10-7-13(20-14(8-10)15(2,3)4)11-5-6-16-9-12(11)17(18)19/h5-6,8-9,13-14H,7H2,1-4H3/t13-,14+/m1/s1. The zero-order valence-electron chi connectivity index (χ0n) is 12.3. The van der Waals surface area contributed by atoms with Gasteiger partial charge in [0.05, 0.1) is 22.7 Å². The van der Waals surface area contributed by atoms with Crippen molar-refractivity contribution in [2.24, 2.45) is 5.41 Å². The second-order valence-corrected chi connectivity index (χ2v) is 6.32. The van der Waals surface area contributed by atoms with E-state index in [0.29, 0.717) is 12.0 Å². The van der Waals surface area contributed by atoms with E-state index in [4.69, 9.17) is 4.74 Å². The fourth-order valence-electron chi connectivity index (χ4n) is 2.34. The summed E-state index contributed by atoms with van der Waals surface area (Å²) in [5.41, 5.74) is 1.79. The summed E-state index contributed by atoms with van der Waals surface area (Å²) in [5.74, 6) is 0. The minimum absolute atomic E-state index is 0.0276. The van der Waals surface area contributed by atoms with Gasteiger partial charge in [-0.25, -0.2) is 0 Å². The summed E-state index contributed by atoms with van der Waals surface area (Å²) >= 11 is 0. The second-order valence-electron chi connectivity index (χ2n) is 6.32. The molecule has 1 aromatic heterocycles. The van der Waals surface area contributed by atoms with Crippen LogP contribution in [0, 0.1) is 15.5 Å². The fraction of sp³-hybridized carbons (Fsp3) is 0.533. The zero-order valence-corrected chi connectivity index (χ0v) is 12.3. The van der Waals surface area contributed by atoms with Crippen LogP contribution in [0.15, 0.2) is 30.1 Å². The molecule has 0 radical (unpaired) electrons. The van der Waals surface area contributed by atoms with Crippen LogP contribution in [-0.4, -0.2) is 16.0 Å². The van der Waals surface area contributed by atoms with Crippen LogP contribution < -0.4 is 0 Å². The molecule has 0 amide bonds. The lowest BCUT2D eigenvalue weighted by Gasteiger charge is -2.36. The first-order valence-electron chi connectivity index (χ1n) is 6.70. The average molecular weight is 276 g/mol. The van der Waals surface area contributed by atoms with E-state index in [1.165, 1.54) is 11.8 Å². The van der Waals surface area contributed by atoms with Crippen molar-refractivity contribution in [3.05, 3.63) is 45.8 Å². The van der Waals surface area contributed by atoms with Gasteiger partial charge in [0.15, 0.2) is 0 Å². The molecule has 0 fully saturated rings. The molecule has 5 nitrogen and oxygen atoms in total. The van der Waals surface area contributed by atoms with Gasteiger partial charge in [-0.15, -0.1) is 0 Å². The van der Waals surface area contributed by atoms with E-state index in [1.54, 1.807) is 12.3 Å². The van der Waals surface area contributed by atoms with Gasteiger partial charge < -0.3 is 4.74 Å². The Bertz CT molecular complexity index is 546. The summed E-state index contributed by atoms with van der Waals surface area (Å²) in [6.07, 6.45) is 5.33. The molecule has 108 valence electrons. The van der Waals surface area contributed by atoms with Crippen molar-refractivity contribution in [3.8, 4) is 0 Å². The lowest BCUT2D eigenvalue weighted by atomic mass is 9.85. The van der Waals surface area contributed by atoms with E-state index in [1.807, 2.05) is 6.92 Å². The van der Waals surface area contributed by atoms with Gasteiger partial charge in [-0.05, 0) is 24.8 Å².